The summed E-state index contributed by atoms with van der Waals surface area (Å²) in [5.41, 5.74) is 0.934. The van der Waals surface area contributed by atoms with Crippen LogP contribution in [-0.4, -0.2) is 62.7 Å². The highest BCUT2D eigenvalue weighted by atomic mass is 19.3. The van der Waals surface area contributed by atoms with E-state index in [9.17, 15) is 13.6 Å². The predicted molar refractivity (Wildman–Crippen MR) is 102 cm³/mol. The minimum atomic E-state index is -3.06. The van der Waals surface area contributed by atoms with Crippen molar-refractivity contribution in [1.29, 1.82) is 0 Å². The second-order valence-corrected chi connectivity index (χ2v) is 6.39. The van der Waals surface area contributed by atoms with Crippen molar-refractivity contribution in [2.24, 2.45) is 0 Å². The fraction of sp³-hybridized carbons (Fsp3) is 0.368. The van der Waals surface area contributed by atoms with Crippen molar-refractivity contribution < 1.29 is 23.0 Å². The first-order chi connectivity index (χ1) is 13.5. The van der Waals surface area contributed by atoms with Gasteiger partial charge in [0.15, 0.2) is 0 Å². The Morgan fingerprint density at radius 3 is 2.54 bits per heavy atom. The molecule has 1 aromatic carbocycles. The van der Waals surface area contributed by atoms with Crippen molar-refractivity contribution in [3.63, 3.8) is 0 Å². The topological polar surface area (TPSA) is 66.9 Å². The molecule has 1 amide bonds. The van der Waals surface area contributed by atoms with Crippen molar-refractivity contribution in [1.82, 2.24) is 9.88 Å². The number of carbonyl (C=O) groups is 1. The van der Waals surface area contributed by atoms with Gasteiger partial charge in [0.05, 0.1) is 24.6 Å². The molecule has 150 valence electrons. The Balaban J connectivity index is 1.70. The summed E-state index contributed by atoms with van der Waals surface area (Å²) in [6.07, 6.45) is 1.69. The Morgan fingerprint density at radius 1 is 1.18 bits per heavy atom. The van der Waals surface area contributed by atoms with Crippen molar-refractivity contribution in [2.45, 2.75) is 6.61 Å². The van der Waals surface area contributed by atoms with Gasteiger partial charge in [-0.2, -0.15) is 8.78 Å². The summed E-state index contributed by atoms with van der Waals surface area (Å²) < 4.78 is 34.8. The number of halogens is 2. The lowest BCUT2D eigenvalue weighted by Crippen LogP contribution is -2.44. The Hall–Kier alpha value is -2.94. The number of nitrogens with zero attached hydrogens (tertiary/aromatic N) is 3. The van der Waals surface area contributed by atoms with E-state index in [-0.39, 0.29) is 11.3 Å². The molecule has 28 heavy (non-hydrogen) atoms. The summed E-state index contributed by atoms with van der Waals surface area (Å²) in [7, 11) is 3.48. The van der Waals surface area contributed by atoms with Gasteiger partial charge < -0.3 is 24.6 Å². The first-order valence-corrected chi connectivity index (χ1v) is 8.80. The molecular weight excluding hydrogens is 370 g/mol. The van der Waals surface area contributed by atoms with Crippen molar-refractivity contribution >= 4 is 17.4 Å². The summed E-state index contributed by atoms with van der Waals surface area (Å²) in [4.78, 5) is 21.2. The lowest BCUT2D eigenvalue weighted by Gasteiger charge is -2.33. The molecular formula is C19H22F2N4O3. The van der Waals surface area contributed by atoms with Crippen LogP contribution in [0.1, 0.15) is 10.4 Å². The molecule has 1 N–H and O–H groups in total. The molecule has 0 radical (unpaired) electrons. The van der Waals surface area contributed by atoms with Crippen LogP contribution in [0.25, 0.3) is 0 Å². The fourth-order valence-electron chi connectivity index (χ4n) is 2.91. The molecule has 7 nitrogen and oxygen atoms in total. The van der Waals surface area contributed by atoms with Gasteiger partial charge in [-0.25, -0.2) is 4.98 Å². The number of benzene rings is 1. The number of hydrogen-bond donors (Lipinski definition) is 1. The lowest BCUT2D eigenvalue weighted by molar-refractivity contribution is -0.0502. The molecule has 0 bridgehead atoms. The van der Waals surface area contributed by atoms with Crippen molar-refractivity contribution in [2.75, 3.05) is 50.6 Å². The molecule has 3 rings (SSSR count). The molecule has 9 heteroatoms. The number of likely N-dealkylation sites (N-methyl/N-ethyl adjacent to an activating group) is 1. The summed E-state index contributed by atoms with van der Waals surface area (Å²) >= 11 is 0. The van der Waals surface area contributed by atoms with Gasteiger partial charge >= 0.3 is 6.61 Å². The zero-order chi connectivity index (χ0) is 20.1. The molecule has 2 aromatic rings. The van der Waals surface area contributed by atoms with E-state index in [0.717, 1.165) is 31.9 Å². The van der Waals surface area contributed by atoms with E-state index in [1.807, 2.05) is 6.07 Å². The van der Waals surface area contributed by atoms with Crippen LogP contribution in [0.3, 0.4) is 0 Å². The second-order valence-electron chi connectivity index (χ2n) is 6.39. The molecule has 2 heterocycles. The molecule has 1 saturated heterocycles. The molecule has 0 aliphatic carbocycles. The summed E-state index contributed by atoms with van der Waals surface area (Å²) in [6.45, 7) is 0.708. The number of pyridine rings is 1. The Morgan fingerprint density at radius 2 is 1.93 bits per heavy atom. The summed E-state index contributed by atoms with van der Waals surface area (Å²) in [5.74, 6) is -0.234. The van der Waals surface area contributed by atoms with E-state index in [1.165, 1.54) is 25.3 Å². The number of ether oxygens (including phenoxy) is 2. The molecule has 1 fully saturated rings. The third-order valence-corrected chi connectivity index (χ3v) is 4.51. The van der Waals surface area contributed by atoms with E-state index in [4.69, 9.17) is 4.74 Å². The fourth-order valence-corrected chi connectivity index (χ4v) is 2.91. The maximum Gasteiger partial charge on any atom is 0.387 e. The normalized spacial score (nSPS) is 14.8. The predicted octanol–water partition coefficient (Wildman–Crippen LogP) is 2.70. The Bertz CT molecular complexity index is 809. The van der Waals surface area contributed by atoms with Gasteiger partial charge in [-0.15, -0.1) is 0 Å². The highest BCUT2D eigenvalue weighted by molar-refractivity contribution is 6.05. The number of aromatic nitrogens is 1. The number of anilines is 2. The van der Waals surface area contributed by atoms with Crippen LogP contribution in [0.5, 0.6) is 11.5 Å². The third kappa shape index (κ3) is 4.86. The van der Waals surface area contributed by atoms with E-state index in [0.29, 0.717) is 11.6 Å². The minimum Gasteiger partial charge on any atom is -0.497 e. The molecule has 1 aromatic heterocycles. The van der Waals surface area contributed by atoms with E-state index in [1.54, 1.807) is 12.3 Å². The number of nitrogens with one attached hydrogen (secondary N) is 1. The number of rotatable bonds is 6. The summed E-state index contributed by atoms with van der Waals surface area (Å²) in [5, 5.41) is 2.60. The van der Waals surface area contributed by atoms with Crippen LogP contribution in [0, 0.1) is 0 Å². The maximum atomic E-state index is 12.7. The highest BCUT2D eigenvalue weighted by Crippen LogP contribution is 2.27. The average molecular weight is 392 g/mol. The van der Waals surface area contributed by atoms with Crippen molar-refractivity contribution in [3.05, 3.63) is 42.1 Å². The van der Waals surface area contributed by atoms with E-state index in [2.05, 4.69) is 31.9 Å². The van der Waals surface area contributed by atoms with Crippen LogP contribution in [-0.2, 0) is 0 Å². The Kier molecular flexibility index (Phi) is 6.25. The molecule has 0 spiro atoms. The largest absolute Gasteiger partial charge is 0.497 e. The van der Waals surface area contributed by atoms with E-state index < -0.39 is 12.5 Å². The van der Waals surface area contributed by atoms with Gasteiger partial charge in [0.2, 0.25) is 0 Å². The molecule has 0 saturated carbocycles. The quantitative estimate of drug-likeness (QED) is 0.816. The molecule has 0 unspecified atom stereocenters. The molecule has 1 aliphatic heterocycles. The van der Waals surface area contributed by atoms with Gasteiger partial charge in [-0.1, -0.05) is 0 Å². The maximum absolute atomic E-state index is 12.7. The van der Waals surface area contributed by atoms with E-state index >= 15 is 0 Å². The van der Waals surface area contributed by atoms with Gasteiger partial charge in [0.1, 0.15) is 17.3 Å². The van der Waals surface area contributed by atoms with Crippen LogP contribution < -0.4 is 19.7 Å². The third-order valence-electron chi connectivity index (χ3n) is 4.51. The lowest BCUT2D eigenvalue weighted by atomic mass is 10.1. The van der Waals surface area contributed by atoms with Crippen molar-refractivity contribution in [3.8, 4) is 11.5 Å². The van der Waals surface area contributed by atoms with Gasteiger partial charge in [0, 0.05) is 32.2 Å². The zero-order valence-electron chi connectivity index (χ0n) is 15.7. The van der Waals surface area contributed by atoms with Crippen LogP contribution in [0.2, 0.25) is 0 Å². The number of carbonyl (C=O) groups excluding carboxylic acids is 1. The highest BCUT2D eigenvalue weighted by Gasteiger charge is 2.18. The second kappa shape index (κ2) is 8.83. The molecule has 1 aliphatic rings. The van der Waals surface area contributed by atoms with Crippen LogP contribution in [0.15, 0.2) is 36.5 Å². The number of amides is 1. The number of methoxy groups -OCH3 is 1. The Labute approximate surface area is 161 Å². The van der Waals surface area contributed by atoms with Crippen LogP contribution in [0.4, 0.5) is 20.3 Å². The van der Waals surface area contributed by atoms with Gasteiger partial charge in [-0.3, -0.25) is 4.79 Å². The first kappa shape index (κ1) is 19.8. The SMILES string of the molecule is COc1ccc(C(=O)Nc2ccc(N3CCN(C)CC3)cn2)c(OC(F)F)c1. The molecule has 0 atom stereocenters. The van der Waals surface area contributed by atoms with Gasteiger partial charge in [0.25, 0.3) is 5.91 Å². The van der Waals surface area contributed by atoms with Gasteiger partial charge in [-0.05, 0) is 31.3 Å². The number of alkyl halides is 2. The van der Waals surface area contributed by atoms with Crippen LogP contribution >= 0.6 is 0 Å². The summed E-state index contributed by atoms with van der Waals surface area (Å²) in [6, 6.07) is 7.66. The monoisotopic (exact) mass is 392 g/mol. The average Bonchev–Trinajstić information content (AvgIpc) is 2.68. The number of piperazine rings is 1. The number of hydrogen-bond acceptors (Lipinski definition) is 6. The minimum absolute atomic E-state index is 0.0361. The zero-order valence-corrected chi connectivity index (χ0v) is 15.7. The standard InChI is InChI=1S/C19H22F2N4O3/c1-24-7-9-25(10-8-24)13-3-6-17(22-12-13)23-18(26)15-5-4-14(27-2)11-16(15)28-19(20)21/h3-6,11-12,19H,7-10H2,1-2H3,(H,22,23,26). The smallest absolute Gasteiger partial charge is 0.387 e. The first-order valence-electron chi connectivity index (χ1n) is 8.80.